The van der Waals surface area contributed by atoms with E-state index in [9.17, 15) is 9.59 Å². The maximum absolute atomic E-state index is 11.7. The zero-order valence-corrected chi connectivity index (χ0v) is 10.9. The third kappa shape index (κ3) is 6.78. The Bertz CT molecular complexity index is 258. The monoisotopic (exact) mass is 246 g/mol. The van der Waals surface area contributed by atoms with Gasteiger partial charge in [0.05, 0.1) is 12.6 Å². The van der Waals surface area contributed by atoms with Gasteiger partial charge in [-0.25, -0.2) is 4.79 Å². The molecule has 6 heteroatoms. The van der Waals surface area contributed by atoms with Gasteiger partial charge in [-0.15, -0.1) is 0 Å². The van der Waals surface area contributed by atoms with Gasteiger partial charge in [-0.05, 0) is 12.8 Å². The van der Waals surface area contributed by atoms with E-state index in [1.807, 2.05) is 6.92 Å². The molecular formula is C11H22N2O4. The SMILES string of the molecule is COCC(C)N(C)C(=O)NCC(C)CC(=O)O. The van der Waals surface area contributed by atoms with Crippen LogP contribution in [0.25, 0.3) is 0 Å². The molecule has 17 heavy (non-hydrogen) atoms. The maximum Gasteiger partial charge on any atom is 0.317 e. The van der Waals surface area contributed by atoms with Crippen LogP contribution in [0.1, 0.15) is 20.3 Å². The number of carboxylic acid groups (broad SMARTS) is 1. The number of aliphatic carboxylic acids is 1. The summed E-state index contributed by atoms with van der Waals surface area (Å²) in [7, 11) is 3.26. The standard InChI is InChI=1S/C11H22N2O4/c1-8(5-10(14)15)6-12-11(16)13(3)9(2)7-17-4/h8-9H,5-7H2,1-4H3,(H,12,16)(H,14,15). The maximum atomic E-state index is 11.7. The van der Waals surface area contributed by atoms with Crippen molar-refractivity contribution in [3.63, 3.8) is 0 Å². The predicted molar refractivity (Wildman–Crippen MR) is 63.9 cm³/mol. The molecule has 0 saturated heterocycles. The number of carbonyl (C=O) groups excluding carboxylic acids is 1. The lowest BCUT2D eigenvalue weighted by atomic mass is 10.1. The molecule has 6 nitrogen and oxygen atoms in total. The summed E-state index contributed by atoms with van der Waals surface area (Å²) in [5, 5.41) is 11.3. The summed E-state index contributed by atoms with van der Waals surface area (Å²) in [5.41, 5.74) is 0. The zero-order valence-electron chi connectivity index (χ0n) is 10.9. The van der Waals surface area contributed by atoms with Crippen molar-refractivity contribution in [2.75, 3.05) is 27.3 Å². The lowest BCUT2D eigenvalue weighted by molar-refractivity contribution is -0.137. The van der Waals surface area contributed by atoms with E-state index >= 15 is 0 Å². The summed E-state index contributed by atoms with van der Waals surface area (Å²) >= 11 is 0. The van der Waals surface area contributed by atoms with E-state index in [1.165, 1.54) is 4.90 Å². The van der Waals surface area contributed by atoms with Crippen molar-refractivity contribution in [1.82, 2.24) is 10.2 Å². The first-order valence-electron chi connectivity index (χ1n) is 5.59. The Hall–Kier alpha value is -1.30. The van der Waals surface area contributed by atoms with Crippen LogP contribution in [0, 0.1) is 5.92 Å². The van der Waals surface area contributed by atoms with E-state index in [4.69, 9.17) is 9.84 Å². The first-order valence-corrected chi connectivity index (χ1v) is 5.59. The molecule has 100 valence electrons. The van der Waals surface area contributed by atoms with Crippen LogP contribution in [-0.2, 0) is 9.53 Å². The van der Waals surface area contributed by atoms with Crippen molar-refractivity contribution < 1.29 is 19.4 Å². The molecule has 0 rings (SSSR count). The van der Waals surface area contributed by atoms with Crippen LogP contribution in [0.2, 0.25) is 0 Å². The Morgan fingerprint density at radius 2 is 2.00 bits per heavy atom. The molecule has 0 saturated carbocycles. The average Bonchev–Trinajstić information content (AvgIpc) is 2.24. The summed E-state index contributed by atoms with van der Waals surface area (Å²) in [6, 6.07) is -0.235. The number of rotatable bonds is 7. The number of ether oxygens (including phenoxy) is 1. The molecule has 0 aromatic heterocycles. The predicted octanol–water partition coefficient (Wildman–Crippen LogP) is 0.773. The van der Waals surface area contributed by atoms with Gasteiger partial charge in [-0.3, -0.25) is 4.79 Å². The molecule has 0 fully saturated rings. The summed E-state index contributed by atoms with van der Waals surface area (Å²) in [6.07, 6.45) is 0.0532. The molecule has 2 N–H and O–H groups in total. The van der Waals surface area contributed by atoms with E-state index in [1.54, 1.807) is 21.1 Å². The van der Waals surface area contributed by atoms with Crippen LogP contribution in [0.5, 0.6) is 0 Å². The highest BCUT2D eigenvalue weighted by molar-refractivity contribution is 5.74. The van der Waals surface area contributed by atoms with Crippen LogP contribution < -0.4 is 5.32 Å². The number of urea groups is 1. The summed E-state index contributed by atoms with van der Waals surface area (Å²) in [4.78, 5) is 23.6. The second-order valence-electron chi connectivity index (χ2n) is 4.30. The van der Waals surface area contributed by atoms with E-state index in [0.29, 0.717) is 13.2 Å². The molecule has 2 unspecified atom stereocenters. The van der Waals surface area contributed by atoms with Gasteiger partial charge in [0.25, 0.3) is 0 Å². The summed E-state index contributed by atoms with van der Waals surface area (Å²) in [6.45, 7) is 4.49. The van der Waals surface area contributed by atoms with Gasteiger partial charge in [0.15, 0.2) is 0 Å². The van der Waals surface area contributed by atoms with Gasteiger partial charge < -0.3 is 20.1 Å². The third-order valence-corrected chi connectivity index (χ3v) is 2.51. The quantitative estimate of drug-likeness (QED) is 0.695. The van der Waals surface area contributed by atoms with Crippen molar-refractivity contribution in [3.05, 3.63) is 0 Å². The molecule has 2 atom stereocenters. The second-order valence-corrected chi connectivity index (χ2v) is 4.30. The zero-order chi connectivity index (χ0) is 13.4. The van der Waals surface area contributed by atoms with Gasteiger partial charge in [0, 0.05) is 27.1 Å². The van der Waals surface area contributed by atoms with Crippen molar-refractivity contribution in [2.24, 2.45) is 5.92 Å². The Kier molecular flexibility index (Phi) is 7.29. The highest BCUT2D eigenvalue weighted by Gasteiger charge is 2.16. The lowest BCUT2D eigenvalue weighted by Gasteiger charge is -2.25. The number of carboxylic acids is 1. The summed E-state index contributed by atoms with van der Waals surface area (Å²) < 4.78 is 4.95. The molecule has 0 aliphatic carbocycles. The highest BCUT2D eigenvalue weighted by Crippen LogP contribution is 2.01. The van der Waals surface area contributed by atoms with Crippen LogP contribution in [0.4, 0.5) is 4.79 Å². The molecule has 0 bridgehead atoms. The molecule has 0 aromatic rings. The number of methoxy groups -OCH3 is 1. The Morgan fingerprint density at radius 1 is 1.41 bits per heavy atom. The molecule has 0 aliphatic rings. The number of likely N-dealkylation sites (N-methyl/N-ethyl adjacent to an activating group) is 1. The van der Waals surface area contributed by atoms with Crippen LogP contribution in [0.3, 0.4) is 0 Å². The van der Waals surface area contributed by atoms with E-state index in [2.05, 4.69) is 5.32 Å². The topological polar surface area (TPSA) is 78.9 Å². The highest BCUT2D eigenvalue weighted by atomic mass is 16.5. The van der Waals surface area contributed by atoms with Gasteiger partial charge in [-0.2, -0.15) is 0 Å². The Labute approximate surface area is 102 Å². The number of nitrogens with zero attached hydrogens (tertiary/aromatic N) is 1. The smallest absolute Gasteiger partial charge is 0.317 e. The van der Waals surface area contributed by atoms with Crippen molar-refractivity contribution in [3.8, 4) is 0 Å². The Morgan fingerprint density at radius 3 is 2.47 bits per heavy atom. The minimum Gasteiger partial charge on any atom is -0.481 e. The molecule has 2 amide bonds. The normalized spacial score (nSPS) is 13.9. The first kappa shape index (κ1) is 15.7. The van der Waals surface area contributed by atoms with Crippen molar-refractivity contribution in [1.29, 1.82) is 0 Å². The largest absolute Gasteiger partial charge is 0.481 e. The average molecular weight is 246 g/mol. The van der Waals surface area contributed by atoms with E-state index in [0.717, 1.165) is 0 Å². The third-order valence-electron chi connectivity index (χ3n) is 2.51. The van der Waals surface area contributed by atoms with E-state index in [-0.39, 0.29) is 24.4 Å². The fourth-order valence-corrected chi connectivity index (χ4v) is 1.31. The number of hydrogen-bond donors (Lipinski definition) is 2. The number of amides is 2. The van der Waals surface area contributed by atoms with Crippen molar-refractivity contribution >= 4 is 12.0 Å². The number of nitrogens with one attached hydrogen (secondary N) is 1. The second kappa shape index (κ2) is 7.89. The molecule has 0 aliphatic heterocycles. The van der Waals surface area contributed by atoms with Crippen LogP contribution in [0.15, 0.2) is 0 Å². The minimum atomic E-state index is -0.854. The van der Waals surface area contributed by atoms with Crippen molar-refractivity contribution in [2.45, 2.75) is 26.3 Å². The molecule has 0 radical (unpaired) electrons. The lowest BCUT2D eigenvalue weighted by Crippen LogP contribution is -2.45. The van der Waals surface area contributed by atoms with Gasteiger partial charge >= 0.3 is 12.0 Å². The molecule has 0 aromatic carbocycles. The van der Waals surface area contributed by atoms with Crippen LogP contribution in [-0.4, -0.2) is 55.4 Å². The molecule has 0 heterocycles. The number of hydrogen-bond acceptors (Lipinski definition) is 3. The Balaban J connectivity index is 3.96. The minimum absolute atomic E-state index is 0.0187. The van der Waals surface area contributed by atoms with Gasteiger partial charge in [0.1, 0.15) is 0 Å². The first-order chi connectivity index (χ1) is 7.88. The fraction of sp³-hybridized carbons (Fsp3) is 0.818. The summed E-state index contributed by atoms with van der Waals surface area (Å²) in [5.74, 6) is -0.935. The number of carbonyl (C=O) groups is 2. The van der Waals surface area contributed by atoms with Gasteiger partial charge in [-0.1, -0.05) is 6.92 Å². The van der Waals surface area contributed by atoms with Crippen LogP contribution >= 0.6 is 0 Å². The molecule has 0 spiro atoms. The molecular weight excluding hydrogens is 224 g/mol. The van der Waals surface area contributed by atoms with E-state index < -0.39 is 5.97 Å². The fourth-order valence-electron chi connectivity index (χ4n) is 1.31. The van der Waals surface area contributed by atoms with Gasteiger partial charge in [0.2, 0.25) is 0 Å².